The lowest BCUT2D eigenvalue weighted by Gasteiger charge is -2.18. The molecule has 25 nitrogen and oxygen atoms in total. The first kappa shape index (κ1) is 67.8. The quantitative estimate of drug-likeness (QED) is 0.0474. The van der Waals surface area contributed by atoms with E-state index in [1.54, 1.807) is 150 Å². The summed E-state index contributed by atoms with van der Waals surface area (Å²) in [5.41, 5.74) is 32.5. The molecule has 8 amide bonds. The summed E-state index contributed by atoms with van der Waals surface area (Å²) in [5, 5.41) is 9.34. The van der Waals surface area contributed by atoms with Crippen LogP contribution >= 0.6 is 0 Å². The molecule has 0 unspecified atom stereocenters. The number of primary amides is 5. The highest BCUT2D eigenvalue weighted by Gasteiger charge is 2.36. The third-order valence-electron chi connectivity index (χ3n) is 16.4. The Labute approximate surface area is 561 Å². The van der Waals surface area contributed by atoms with Crippen LogP contribution in [0.15, 0.2) is 188 Å². The van der Waals surface area contributed by atoms with E-state index in [-0.39, 0.29) is 70.6 Å². The molecule has 3 fully saturated rings. The fraction of sp³-hybridized carbons (Fsp3) is 0.164. The molecule has 25 heteroatoms. The van der Waals surface area contributed by atoms with Gasteiger partial charge in [-0.25, -0.2) is 4.98 Å². The van der Waals surface area contributed by atoms with Crippen LogP contribution in [0.4, 0.5) is 17.2 Å². The smallest absolute Gasteiger partial charge is 0.252 e. The van der Waals surface area contributed by atoms with Crippen molar-refractivity contribution in [3.63, 3.8) is 0 Å². The van der Waals surface area contributed by atoms with Gasteiger partial charge in [-0.1, -0.05) is 60.7 Å². The van der Waals surface area contributed by atoms with Crippen molar-refractivity contribution in [2.75, 3.05) is 55.7 Å². The summed E-state index contributed by atoms with van der Waals surface area (Å²) < 4.78 is 34.2. The number of amides is 8. The van der Waals surface area contributed by atoms with E-state index in [9.17, 15) is 43.6 Å². The summed E-state index contributed by atoms with van der Waals surface area (Å²) >= 11 is 0. The Bertz CT molecular complexity index is 4440. The number of benzene rings is 7. The van der Waals surface area contributed by atoms with Crippen LogP contribution in [0, 0.1) is 11.3 Å². The summed E-state index contributed by atoms with van der Waals surface area (Å²) in [4.78, 5) is 109. The second-order valence-electron chi connectivity index (χ2n) is 22.6. The van der Waals surface area contributed by atoms with Crippen molar-refractivity contribution in [2.45, 2.75) is 37.0 Å². The number of nitriles is 1. The Kier molecular flexibility index (Phi) is 21.0. The normalized spacial score (nSPS) is 15.3. The maximum atomic E-state index is 12.7. The van der Waals surface area contributed by atoms with Crippen LogP contribution in [0.1, 0.15) is 111 Å². The van der Waals surface area contributed by atoms with Crippen LogP contribution in [0.5, 0.6) is 51.7 Å². The molecule has 496 valence electrons. The Hall–Kier alpha value is -13.1. The van der Waals surface area contributed by atoms with Crippen molar-refractivity contribution < 1.29 is 66.8 Å². The molecule has 3 aliphatic rings. The number of para-hydroxylation sites is 3. The minimum absolute atomic E-state index is 0.0373. The number of rotatable bonds is 20. The van der Waals surface area contributed by atoms with Crippen LogP contribution in [-0.4, -0.2) is 98.2 Å². The van der Waals surface area contributed by atoms with Gasteiger partial charge in [0, 0.05) is 85.9 Å². The van der Waals surface area contributed by atoms with E-state index in [2.05, 4.69) is 16.0 Å². The predicted octanol–water partition coefficient (Wildman–Crippen LogP) is 9.18. The lowest BCUT2D eigenvalue weighted by atomic mass is 9.98. The van der Waals surface area contributed by atoms with Crippen molar-refractivity contribution in [2.24, 2.45) is 28.7 Å². The number of hydrogen-bond acceptors (Lipinski definition) is 17. The molecular formula is C73H65N11O14. The van der Waals surface area contributed by atoms with E-state index >= 15 is 0 Å². The van der Waals surface area contributed by atoms with Crippen LogP contribution in [-0.2, 0) is 14.4 Å². The van der Waals surface area contributed by atoms with Gasteiger partial charge in [0.05, 0.1) is 55.5 Å². The van der Waals surface area contributed by atoms with Gasteiger partial charge in [-0.2, -0.15) is 5.26 Å². The number of nitrogens with two attached hydrogens (primary N) is 5. The maximum Gasteiger partial charge on any atom is 0.252 e. The average molecular weight is 1320 g/mol. The molecule has 0 aliphatic carbocycles. The molecular weight excluding hydrogens is 1250 g/mol. The van der Waals surface area contributed by atoms with E-state index in [1.165, 1.54) is 49.8 Å². The van der Waals surface area contributed by atoms with Crippen molar-refractivity contribution >= 4 is 64.5 Å². The second kappa shape index (κ2) is 30.3. The molecule has 7 aromatic carbocycles. The fourth-order valence-electron chi connectivity index (χ4n) is 11.4. The monoisotopic (exact) mass is 1320 g/mol. The number of nitrogens with zero attached hydrogens (tertiary/aromatic N) is 6. The first-order valence-electron chi connectivity index (χ1n) is 30.4. The van der Waals surface area contributed by atoms with Gasteiger partial charge in [0.1, 0.15) is 29.1 Å². The fourth-order valence-corrected chi connectivity index (χ4v) is 11.4. The van der Waals surface area contributed by atoms with Crippen LogP contribution in [0.25, 0.3) is 0 Å². The molecule has 98 heavy (non-hydrogen) atoms. The summed E-state index contributed by atoms with van der Waals surface area (Å²) in [6.45, 7) is 1.23. The van der Waals surface area contributed by atoms with Crippen molar-refractivity contribution in [1.82, 2.24) is 9.97 Å². The molecule has 3 atom stereocenters. The molecule has 2 aromatic heterocycles. The Morgan fingerprint density at radius 2 is 0.837 bits per heavy atom. The van der Waals surface area contributed by atoms with E-state index in [0.29, 0.717) is 106 Å². The molecule has 0 saturated carbocycles. The zero-order valence-electron chi connectivity index (χ0n) is 53.2. The van der Waals surface area contributed by atoms with E-state index in [4.69, 9.17) is 57.1 Å². The summed E-state index contributed by atoms with van der Waals surface area (Å²) in [6.07, 6.45) is 5.18. The zero-order valence-corrected chi connectivity index (χ0v) is 53.2. The Morgan fingerprint density at radius 3 is 1.31 bits per heavy atom. The van der Waals surface area contributed by atoms with Gasteiger partial charge < -0.3 is 66.9 Å². The number of hydrogen-bond donors (Lipinski definition) is 5. The van der Waals surface area contributed by atoms with Gasteiger partial charge in [0.25, 0.3) is 11.8 Å². The highest BCUT2D eigenvalue weighted by molar-refractivity contribution is 6.01. The number of carbonyl (C=O) groups excluding carboxylic acids is 8. The molecule has 10 N–H and O–H groups in total. The first-order chi connectivity index (χ1) is 47.2. The summed E-state index contributed by atoms with van der Waals surface area (Å²) in [6, 6.07) is 50.0. The largest absolute Gasteiger partial charge is 0.493 e. The van der Waals surface area contributed by atoms with Gasteiger partial charge in [-0.15, -0.1) is 0 Å². The van der Waals surface area contributed by atoms with Crippen LogP contribution in [0.3, 0.4) is 0 Å². The lowest BCUT2D eigenvalue weighted by Crippen LogP contribution is -2.26. The number of pyridine rings is 2. The first-order valence-corrected chi connectivity index (χ1v) is 30.4. The highest BCUT2D eigenvalue weighted by atomic mass is 16.5. The average Bonchev–Trinajstić information content (AvgIpc) is 1.73. The lowest BCUT2D eigenvalue weighted by molar-refractivity contribution is -0.118. The molecule has 0 spiro atoms. The summed E-state index contributed by atoms with van der Waals surface area (Å²) in [5.74, 6) is 0.581. The number of aromatic nitrogens is 2. The van der Waals surface area contributed by atoms with E-state index in [1.807, 2.05) is 24.3 Å². The minimum Gasteiger partial charge on any atom is -0.493 e. The molecule has 9 aromatic rings. The standard InChI is InChI=1S/C25H21N3O4.2C24H22N4O5/c1-31-22-10-9-16(12-23(22)32-21-8-3-2-5-18(21)14-26)19-13-24(29)28(15-19)20-7-4-6-17(11-20)25(27)30;1-32-20-7-6-14(9-21(20)33-19-5-3-2-4-18(19)24(26)31)16-10-22(29)28(13-16)17-8-15(23(25)30)11-27-12-17;1-32-19-7-6-14(10-20(19)33-18-5-3-2-4-17(18)24(26)31)16-12-22(29)28(13-16)21-11-15(23(25)30)8-9-27-21/h2-12,19H,13,15H2,1H3,(H2,27,30);2-9,11-12,16H,10,13H2,1H3,(H2,25,30)(H2,26,31);2-11,16H,12-13H2,1H3,(H2,25,30)(H2,26,31)/t19-;2*16-/m000/s1. The minimum atomic E-state index is -0.610. The molecule has 3 saturated heterocycles. The van der Waals surface area contributed by atoms with E-state index < -0.39 is 29.5 Å². The maximum absolute atomic E-state index is 12.7. The van der Waals surface area contributed by atoms with Gasteiger partial charge >= 0.3 is 0 Å². The molecule has 3 aliphatic heterocycles. The third kappa shape index (κ3) is 15.6. The van der Waals surface area contributed by atoms with Crippen molar-refractivity contribution in [3.05, 3.63) is 239 Å². The van der Waals surface area contributed by atoms with Gasteiger partial charge in [-0.3, -0.25) is 48.2 Å². The Morgan fingerprint density at radius 1 is 0.418 bits per heavy atom. The molecule has 0 radical (unpaired) electrons. The summed E-state index contributed by atoms with van der Waals surface area (Å²) in [7, 11) is 4.58. The van der Waals surface area contributed by atoms with Gasteiger partial charge in [-0.05, 0) is 126 Å². The molecule has 5 heterocycles. The Balaban J connectivity index is 0.000000159. The third-order valence-corrected chi connectivity index (χ3v) is 16.4. The second-order valence-corrected chi connectivity index (χ2v) is 22.6. The highest BCUT2D eigenvalue weighted by Crippen LogP contribution is 2.43. The van der Waals surface area contributed by atoms with E-state index in [0.717, 1.165) is 16.7 Å². The van der Waals surface area contributed by atoms with Crippen LogP contribution in [0.2, 0.25) is 0 Å². The number of anilines is 3. The van der Waals surface area contributed by atoms with Gasteiger partial charge in [0.15, 0.2) is 34.5 Å². The van der Waals surface area contributed by atoms with Crippen molar-refractivity contribution in [1.29, 1.82) is 5.26 Å². The topological polar surface area (TPSA) is 381 Å². The van der Waals surface area contributed by atoms with Crippen molar-refractivity contribution in [3.8, 4) is 57.8 Å². The zero-order chi connectivity index (χ0) is 69.7. The number of methoxy groups -OCH3 is 3. The number of ether oxygens (including phenoxy) is 6. The molecule has 0 bridgehead atoms. The SMILES string of the molecule is COc1ccc([C@H]2CC(=O)N(c3cc(C(N)=O)ccn3)C2)cc1Oc1ccccc1C(N)=O.COc1ccc([C@H]2CC(=O)N(c3cccc(C(N)=O)c3)C2)cc1Oc1ccccc1C#N.COc1ccc([C@H]2CC(=O)N(c3cncc(C(N)=O)c3)C2)cc1Oc1ccccc1C(N)=O. The number of carbonyl (C=O) groups is 8. The van der Waals surface area contributed by atoms with Crippen LogP contribution < -0.4 is 71.8 Å². The molecule has 12 rings (SSSR count). The van der Waals surface area contributed by atoms with Gasteiger partial charge in [0.2, 0.25) is 35.4 Å². The predicted molar refractivity (Wildman–Crippen MR) is 360 cm³/mol.